The summed E-state index contributed by atoms with van der Waals surface area (Å²) in [4.78, 5) is 12.8. The van der Waals surface area contributed by atoms with Crippen molar-refractivity contribution < 1.29 is 17.9 Å². The summed E-state index contributed by atoms with van der Waals surface area (Å²) in [5, 5.41) is 2.96. The Hall–Kier alpha value is -2.38. The van der Waals surface area contributed by atoms with Crippen LogP contribution < -0.4 is 10.1 Å². The third-order valence-corrected chi connectivity index (χ3v) is 7.55. The first-order valence-corrected chi connectivity index (χ1v) is 11.8. The number of nitrogens with zero attached hydrogens (tertiary/aromatic N) is 1. The molecule has 2 aromatic carbocycles. The molecule has 0 unspecified atom stereocenters. The van der Waals surface area contributed by atoms with E-state index in [4.69, 9.17) is 4.74 Å². The molecule has 162 valence electrons. The first-order valence-electron chi connectivity index (χ1n) is 10.3. The first kappa shape index (κ1) is 22.3. The molecule has 2 aromatic rings. The lowest BCUT2D eigenvalue weighted by molar-refractivity contribution is -0.126. The van der Waals surface area contributed by atoms with Crippen LogP contribution in [0.25, 0.3) is 0 Å². The van der Waals surface area contributed by atoms with Gasteiger partial charge in [0.25, 0.3) is 0 Å². The van der Waals surface area contributed by atoms with Crippen LogP contribution in [-0.4, -0.2) is 38.8 Å². The largest absolute Gasteiger partial charge is 0.497 e. The molecule has 0 bridgehead atoms. The van der Waals surface area contributed by atoms with Crippen LogP contribution in [0.4, 0.5) is 0 Å². The van der Waals surface area contributed by atoms with Crippen molar-refractivity contribution in [3.63, 3.8) is 0 Å². The van der Waals surface area contributed by atoms with E-state index in [1.807, 2.05) is 36.4 Å². The van der Waals surface area contributed by atoms with Gasteiger partial charge in [0.15, 0.2) is 0 Å². The van der Waals surface area contributed by atoms with Crippen LogP contribution in [0.1, 0.15) is 43.7 Å². The van der Waals surface area contributed by atoms with Crippen LogP contribution in [0.3, 0.4) is 0 Å². The van der Waals surface area contributed by atoms with E-state index in [2.05, 4.69) is 19.2 Å². The number of carbonyl (C=O) groups is 1. The highest BCUT2D eigenvalue weighted by Gasteiger charge is 2.32. The van der Waals surface area contributed by atoms with Gasteiger partial charge >= 0.3 is 0 Å². The van der Waals surface area contributed by atoms with E-state index in [-0.39, 0.29) is 11.8 Å². The standard InChI is InChI=1S/C23H30N2O4S/c1-17(2)19-6-10-22(11-7-19)30(27,28)25-14-12-20(13-15-25)23(26)24-16-18-4-8-21(29-3)9-5-18/h4-11,17,20H,12-16H2,1-3H3,(H,24,26). The molecule has 1 heterocycles. The van der Waals surface area contributed by atoms with E-state index >= 15 is 0 Å². The Morgan fingerprint density at radius 1 is 1.07 bits per heavy atom. The molecular weight excluding hydrogens is 400 g/mol. The lowest BCUT2D eigenvalue weighted by Crippen LogP contribution is -2.42. The van der Waals surface area contributed by atoms with Gasteiger partial charge in [-0.3, -0.25) is 4.79 Å². The summed E-state index contributed by atoms with van der Waals surface area (Å²) in [6.07, 6.45) is 1.05. The molecule has 1 amide bonds. The number of piperidine rings is 1. The number of rotatable bonds is 7. The normalized spacial score (nSPS) is 15.9. The molecule has 6 nitrogen and oxygen atoms in total. The zero-order valence-electron chi connectivity index (χ0n) is 17.8. The highest BCUT2D eigenvalue weighted by Crippen LogP contribution is 2.25. The van der Waals surface area contributed by atoms with Crippen LogP contribution in [0.2, 0.25) is 0 Å². The second kappa shape index (κ2) is 9.62. The van der Waals surface area contributed by atoms with Gasteiger partial charge < -0.3 is 10.1 Å². The average molecular weight is 431 g/mol. The van der Waals surface area contributed by atoms with Crippen molar-refractivity contribution in [3.8, 4) is 5.75 Å². The predicted molar refractivity (Wildman–Crippen MR) is 117 cm³/mol. The number of amides is 1. The molecule has 1 saturated heterocycles. The van der Waals surface area contributed by atoms with E-state index in [9.17, 15) is 13.2 Å². The molecule has 0 aliphatic carbocycles. The third kappa shape index (κ3) is 5.21. The van der Waals surface area contributed by atoms with Gasteiger partial charge in [-0.15, -0.1) is 0 Å². The fourth-order valence-corrected chi connectivity index (χ4v) is 5.08. The lowest BCUT2D eigenvalue weighted by Gasteiger charge is -2.30. The molecule has 7 heteroatoms. The fourth-order valence-electron chi connectivity index (χ4n) is 3.61. The SMILES string of the molecule is COc1ccc(CNC(=O)C2CCN(S(=O)(=O)c3ccc(C(C)C)cc3)CC2)cc1. The zero-order valence-corrected chi connectivity index (χ0v) is 18.6. The Morgan fingerprint density at radius 2 is 1.67 bits per heavy atom. The molecule has 0 atom stereocenters. The number of benzene rings is 2. The maximum absolute atomic E-state index is 12.9. The Morgan fingerprint density at radius 3 is 2.20 bits per heavy atom. The molecule has 1 aliphatic heterocycles. The number of sulfonamides is 1. The summed E-state index contributed by atoms with van der Waals surface area (Å²) in [6, 6.07) is 14.7. The molecule has 0 radical (unpaired) electrons. The summed E-state index contributed by atoms with van der Waals surface area (Å²) in [5.41, 5.74) is 2.11. The van der Waals surface area contributed by atoms with Crippen LogP contribution in [-0.2, 0) is 21.4 Å². The second-order valence-corrected chi connectivity index (χ2v) is 9.91. The van der Waals surface area contributed by atoms with Gasteiger partial charge in [0.1, 0.15) is 5.75 Å². The van der Waals surface area contributed by atoms with Gasteiger partial charge in [-0.2, -0.15) is 4.31 Å². The molecule has 30 heavy (non-hydrogen) atoms. The molecule has 0 aromatic heterocycles. The van der Waals surface area contributed by atoms with Crippen molar-refractivity contribution in [3.05, 3.63) is 59.7 Å². The maximum atomic E-state index is 12.9. The summed E-state index contributed by atoms with van der Waals surface area (Å²) in [6.45, 7) is 5.31. The van der Waals surface area contributed by atoms with Gasteiger partial charge in [-0.25, -0.2) is 8.42 Å². The minimum absolute atomic E-state index is 0.0239. The molecule has 1 fully saturated rings. The number of methoxy groups -OCH3 is 1. The Kier molecular flexibility index (Phi) is 7.15. The number of ether oxygens (including phenoxy) is 1. The fraction of sp³-hybridized carbons (Fsp3) is 0.435. The van der Waals surface area contributed by atoms with Gasteiger partial charge in [-0.05, 0) is 54.2 Å². The van der Waals surface area contributed by atoms with E-state index in [0.717, 1.165) is 16.9 Å². The molecular formula is C23H30N2O4S. The van der Waals surface area contributed by atoms with Gasteiger partial charge in [0.05, 0.1) is 12.0 Å². The number of hydrogen-bond donors (Lipinski definition) is 1. The summed E-state index contributed by atoms with van der Waals surface area (Å²) in [7, 11) is -1.91. The van der Waals surface area contributed by atoms with E-state index < -0.39 is 10.0 Å². The van der Waals surface area contributed by atoms with E-state index in [1.165, 1.54) is 4.31 Å². The molecule has 1 N–H and O–H groups in total. The first-order chi connectivity index (χ1) is 14.3. The maximum Gasteiger partial charge on any atom is 0.243 e. The molecule has 1 aliphatic rings. The van der Waals surface area contributed by atoms with Crippen LogP contribution in [0, 0.1) is 5.92 Å². The minimum atomic E-state index is -3.53. The van der Waals surface area contributed by atoms with Crippen molar-refractivity contribution in [2.24, 2.45) is 5.92 Å². The number of nitrogens with one attached hydrogen (secondary N) is 1. The van der Waals surface area contributed by atoms with Crippen molar-refractivity contribution >= 4 is 15.9 Å². The summed E-state index contributed by atoms with van der Waals surface area (Å²) < 4.78 is 32.5. The second-order valence-electron chi connectivity index (χ2n) is 7.97. The Balaban J connectivity index is 1.53. The van der Waals surface area contributed by atoms with Gasteiger partial charge in [-0.1, -0.05) is 38.1 Å². The highest BCUT2D eigenvalue weighted by atomic mass is 32.2. The molecule has 0 spiro atoms. The van der Waals surface area contributed by atoms with Gasteiger partial charge in [0.2, 0.25) is 15.9 Å². The quantitative estimate of drug-likeness (QED) is 0.729. The Labute approximate surface area is 179 Å². The summed E-state index contributed by atoms with van der Waals surface area (Å²) in [5.74, 6) is 0.939. The number of carbonyl (C=O) groups excluding carboxylic acids is 1. The minimum Gasteiger partial charge on any atom is -0.497 e. The predicted octanol–water partition coefficient (Wildman–Crippen LogP) is 3.54. The highest BCUT2D eigenvalue weighted by molar-refractivity contribution is 7.89. The van der Waals surface area contributed by atoms with Crippen LogP contribution >= 0.6 is 0 Å². The molecule has 0 saturated carbocycles. The number of hydrogen-bond acceptors (Lipinski definition) is 4. The van der Waals surface area contributed by atoms with E-state index in [1.54, 1.807) is 19.2 Å². The monoisotopic (exact) mass is 430 g/mol. The van der Waals surface area contributed by atoms with Crippen LogP contribution in [0.5, 0.6) is 5.75 Å². The van der Waals surface area contributed by atoms with Gasteiger partial charge in [0, 0.05) is 25.6 Å². The lowest BCUT2D eigenvalue weighted by atomic mass is 9.97. The topological polar surface area (TPSA) is 75.7 Å². The summed E-state index contributed by atoms with van der Waals surface area (Å²) >= 11 is 0. The van der Waals surface area contributed by atoms with Crippen molar-refractivity contribution in [1.29, 1.82) is 0 Å². The third-order valence-electron chi connectivity index (χ3n) is 5.64. The van der Waals surface area contributed by atoms with Crippen molar-refractivity contribution in [2.75, 3.05) is 20.2 Å². The van der Waals surface area contributed by atoms with E-state index in [0.29, 0.717) is 43.3 Å². The smallest absolute Gasteiger partial charge is 0.243 e. The zero-order chi connectivity index (χ0) is 21.7. The van der Waals surface area contributed by atoms with Crippen LogP contribution in [0.15, 0.2) is 53.4 Å². The van der Waals surface area contributed by atoms with Crippen molar-refractivity contribution in [1.82, 2.24) is 9.62 Å². The Bertz CT molecular complexity index is 946. The average Bonchev–Trinajstić information content (AvgIpc) is 2.78. The van der Waals surface area contributed by atoms with Crippen molar-refractivity contribution in [2.45, 2.75) is 44.0 Å². The molecule has 3 rings (SSSR count).